The van der Waals surface area contributed by atoms with Crippen LogP contribution in [0.5, 0.6) is 0 Å². The number of nitrogen functional groups attached to an aromatic ring is 1. The molecule has 0 bridgehead atoms. The van der Waals surface area contributed by atoms with E-state index in [9.17, 15) is 9.59 Å². The van der Waals surface area contributed by atoms with Gasteiger partial charge in [-0.1, -0.05) is 30.3 Å². The van der Waals surface area contributed by atoms with E-state index in [4.69, 9.17) is 5.73 Å². The van der Waals surface area contributed by atoms with Gasteiger partial charge in [0, 0.05) is 29.8 Å². The molecule has 0 unspecified atom stereocenters. The molecule has 3 rings (SSSR count). The number of amides is 1. The van der Waals surface area contributed by atoms with Crippen molar-refractivity contribution in [3.05, 3.63) is 75.1 Å². The first kappa shape index (κ1) is 20.9. The van der Waals surface area contributed by atoms with Gasteiger partial charge in [-0.2, -0.15) is 0 Å². The normalized spacial score (nSPS) is 10.7. The van der Waals surface area contributed by atoms with E-state index in [1.807, 2.05) is 48.7 Å². The number of nitrogens with one attached hydrogen (secondary N) is 2. The molecule has 1 amide bonds. The van der Waals surface area contributed by atoms with E-state index < -0.39 is 0 Å². The fourth-order valence-corrected chi connectivity index (χ4v) is 4.02. The zero-order chi connectivity index (χ0) is 20.6. The molecular formula is C20H23N5O2S2. The summed E-state index contributed by atoms with van der Waals surface area (Å²) in [4.78, 5) is 29.2. The van der Waals surface area contributed by atoms with Crippen LogP contribution >= 0.6 is 23.3 Å². The molecule has 2 heterocycles. The Balaban J connectivity index is 1.54. The van der Waals surface area contributed by atoms with Gasteiger partial charge in [-0.05, 0) is 36.6 Å². The standard InChI is InChI=1S/C20H23N5O2S2/c1-14-7-8-17(24-29-12-15-5-3-2-4-6-15)19(27)25(14)11-18(26)22-10-9-16-13-28-20(21)23-16/h2-8,13,24H,9-12H2,1H3,(H2,21,23)(H,22,26). The monoisotopic (exact) mass is 429 g/mol. The Hall–Kier alpha value is -2.78. The van der Waals surface area contributed by atoms with E-state index in [-0.39, 0.29) is 18.0 Å². The van der Waals surface area contributed by atoms with Crippen LogP contribution in [0.25, 0.3) is 0 Å². The van der Waals surface area contributed by atoms with Crippen molar-refractivity contribution >= 4 is 40.0 Å². The first-order chi connectivity index (χ1) is 14.0. The number of aromatic nitrogens is 2. The third-order valence-corrected chi connectivity index (χ3v) is 5.80. The molecule has 0 saturated heterocycles. The van der Waals surface area contributed by atoms with Gasteiger partial charge in [0.25, 0.3) is 5.56 Å². The van der Waals surface area contributed by atoms with Crippen LogP contribution in [0.15, 0.2) is 52.6 Å². The molecule has 7 nitrogen and oxygen atoms in total. The van der Waals surface area contributed by atoms with Gasteiger partial charge in [0.2, 0.25) is 5.91 Å². The highest BCUT2D eigenvalue weighted by Gasteiger charge is 2.11. The minimum Gasteiger partial charge on any atom is -0.375 e. The van der Waals surface area contributed by atoms with Gasteiger partial charge in [-0.25, -0.2) is 4.98 Å². The van der Waals surface area contributed by atoms with Crippen LogP contribution in [0, 0.1) is 6.92 Å². The largest absolute Gasteiger partial charge is 0.375 e. The summed E-state index contributed by atoms with van der Waals surface area (Å²) in [6.45, 7) is 2.23. The highest BCUT2D eigenvalue weighted by atomic mass is 32.2. The third-order valence-electron chi connectivity index (χ3n) is 4.23. The Kier molecular flexibility index (Phi) is 7.31. The van der Waals surface area contributed by atoms with Crippen molar-refractivity contribution in [2.45, 2.75) is 25.6 Å². The maximum absolute atomic E-state index is 12.8. The summed E-state index contributed by atoms with van der Waals surface area (Å²) in [5.74, 6) is 0.517. The maximum Gasteiger partial charge on any atom is 0.275 e. The molecule has 0 radical (unpaired) electrons. The van der Waals surface area contributed by atoms with Crippen LogP contribution in [0.1, 0.15) is 17.0 Å². The first-order valence-corrected chi connectivity index (χ1v) is 11.0. The molecule has 0 saturated carbocycles. The van der Waals surface area contributed by atoms with Crippen molar-refractivity contribution in [3.63, 3.8) is 0 Å². The molecule has 152 valence electrons. The van der Waals surface area contributed by atoms with Crippen LogP contribution in [0.4, 0.5) is 10.8 Å². The van der Waals surface area contributed by atoms with Crippen molar-refractivity contribution in [2.75, 3.05) is 17.0 Å². The number of benzene rings is 1. The summed E-state index contributed by atoms with van der Waals surface area (Å²) in [6, 6.07) is 13.6. The number of nitrogens with two attached hydrogens (primary N) is 1. The van der Waals surface area contributed by atoms with Crippen molar-refractivity contribution < 1.29 is 4.79 Å². The second-order valence-electron chi connectivity index (χ2n) is 6.43. The van der Waals surface area contributed by atoms with E-state index >= 15 is 0 Å². The van der Waals surface area contributed by atoms with Gasteiger partial charge < -0.3 is 20.3 Å². The van der Waals surface area contributed by atoms with Crippen molar-refractivity contribution in [1.82, 2.24) is 14.9 Å². The summed E-state index contributed by atoms with van der Waals surface area (Å²) < 4.78 is 4.58. The Labute approximate surface area is 177 Å². The van der Waals surface area contributed by atoms with Gasteiger partial charge >= 0.3 is 0 Å². The number of carbonyl (C=O) groups excluding carboxylic acids is 1. The second kappa shape index (κ2) is 10.1. The Morgan fingerprint density at radius 2 is 2.03 bits per heavy atom. The first-order valence-electron chi connectivity index (χ1n) is 9.11. The lowest BCUT2D eigenvalue weighted by Crippen LogP contribution is -2.34. The predicted molar refractivity (Wildman–Crippen MR) is 120 cm³/mol. The van der Waals surface area contributed by atoms with E-state index in [0.29, 0.717) is 23.8 Å². The molecule has 0 aliphatic carbocycles. The minimum absolute atomic E-state index is 0.0251. The Morgan fingerprint density at radius 3 is 2.76 bits per heavy atom. The number of carbonyl (C=O) groups is 1. The zero-order valence-corrected chi connectivity index (χ0v) is 17.7. The van der Waals surface area contributed by atoms with Crippen molar-refractivity contribution in [2.24, 2.45) is 0 Å². The fraction of sp³-hybridized carbons (Fsp3) is 0.250. The summed E-state index contributed by atoms with van der Waals surface area (Å²) in [6.07, 6.45) is 0.602. The second-order valence-corrected chi connectivity index (χ2v) is 8.10. The van der Waals surface area contributed by atoms with Gasteiger partial charge in [0.05, 0.1) is 5.69 Å². The zero-order valence-electron chi connectivity index (χ0n) is 16.1. The van der Waals surface area contributed by atoms with Crippen LogP contribution in [-0.2, 0) is 23.5 Å². The van der Waals surface area contributed by atoms with Crippen LogP contribution in [0.3, 0.4) is 0 Å². The number of aryl methyl sites for hydroxylation is 1. The quantitative estimate of drug-likeness (QED) is 0.452. The van der Waals surface area contributed by atoms with E-state index in [0.717, 1.165) is 17.1 Å². The van der Waals surface area contributed by atoms with E-state index in [2.05, 4.69) is 15.0 Å². The maximum atomic E-state index is 12.8. The van der Waals surface area contributed by atoms with Gasteiger partial charge in [0.15, 0.2) is 5.13 Å². The molecular weight excluding hydrogens is 406 g/mol. The van der Waals surface area contributed by atoms with Crippen molar-refractivity contribution in [1.29, 1.82) is 0 Å². The lowest BCUT2D eigenvalue weighted by molar-refractivity contribution is -0.121. The molecule has 2 aromatic heterocycles. The molecule has 0 fully saturated rings. The Bertz CT molecular complexity index is 1020. The summed E-state index contributed by atoms with van der Waals surface area (Å²) in [5, 5.41) is 5.22. The average Bonchev–Trinajstić information content (AvgIpc) is 3.13. The lowest BCUT2D eigenvalue weighted by Gasteiger charge is -2.13. The van der Waals surface area contributed by atoms with Crippen molar-refractivity contribution in [3.8, 4) is 0 Å². The summed E-state index contributed by atoms with van der Waals surface area (Å²) in [5.41, 5.74) is 8.60. The number of nitrogens with zero attached hydrogens (tertiary/aromatic N) is 2. The van der Waals surface area contributed by atoms with Crippen LogP contribution in [0.2, 0.25) is 0 Å². The van der Waals surface area contributed by atoms with E-state index in [1.165, 1.54) is 33.4 Å². The minimum atomic E-state index is -0.215. The molecule has 3 aromatic rings. The van der Waals surface area contributed by atoms with Gasteiger partial charge in [-0.3, -0.25) is 9.59 Å². The molecule has 9 heteroatoms. The van der Waals surface area contributed by atoms with E-state index in [1.54, 1.807) is 6.07 Å². The van der Waals surface area contributed by atoms with Gasteiger partial charge in [-0.15, -0.1) is 11.3 Å². The average molecular weight is 430 g/mol. The number of pyridine rings is 1. The molecule has 0 aliphatic rings. The SMILES string of the molecule is Cc1ccc(NSCc2ccccc2)c(=O)n1CC(=O)NCCc1csc(N)n1. The van der Waals surface area contributed by atoms with Crippen LogP contribution in [-0.4, -0.2) is 22.0 Å². The van der Waals surface area contributed by atoms with Crippen LogP contribution < -0.4 is 21.3 Å². The number of hydrogen-bond donors (Lipinski definition) is 3. The molecule has 1 aromatic carbocycles. The number of anilines is 2. The topological polar surface area (TPSA) is 102 Å². The smallest absolute Gasteiger partial charge is 0.275 e. The molecule has 0 spiro atoms. The highest BCUT2D eigenvalue weighted by Crippen LogP contribution is 2.14. The predicted octanol–water partition coefficient (Wildman–Crippen LogP) is 2.81. The fourth-order valence-electron chi connectivity index (χ4n) is 2.68. The summed E-state index contributed by atoms with van der Waals surface area (Å²) >= 11 is 2.82. The highest BCUT2D eigenvalue weighted by molar-refractivity contribution is 7.99. The summed E-state index contributed by atoms with van der Waals surface area (Å²) in [7, 11) is 0. The van der Waals surface area contributed by atoms with Gasteiger partial charge in [0.1, 0.15) is 12.2 Å². The number of hydrogen-bond acceptors (Lipinski definition) is 7. The number of rotatable bonds is 9. The molecule has 0 atom stereocenters. The molecule has 29 heavy (non-hydrogen) atoms. The molecule has 4 N–H and O–H groups in total. The lowest BCUT2D eigenvalue weighted by atomic mass is 10.2. The third kappa shape index (κ3) is 6.10. The Morgan fingerprint density at radius 1 is 1.24 bits per heavy atom. The molecule has 0 aliphatic heterocycles. The number of thiazole rings is 1.